The zero-order valence-electron chi connectivity index (χ0n) is 9.38. The van der Waals surface area contributed by atoms with Gasteiger partial charge in [0.05, 0.1) is 13.2 Å². The van der Waals surface area contributed by atoms with Crippen molar-refractivity contribution >= 4 is 5.91 Å². The Morgan fingerprint density at radius 2 is 2.07 bits per heavy atom. The Hall–Kier alpha value is -1.07. The van der Waals surface area contributed by atoms with Crippen LogP contribution in [0, 0.1) is 0 Å². The maximum atomic E-state index is 11.7. The molecule has 0 aromatic carbocycles. The van der Waals surface area contributed by atoms with E-state index >= 15 is 0 Å². The van der Waals surface area contributed by atoms with Gasteiger partial charge in [0.2, 0.25) is 0 Å². The molecular formula is C10H19N3O2. The number of hydrazine groups is 1. The minimum Gasteiger partial charge on any atom is -0.378 e. The highest BCUT2D eigenvalue weighted by Gasteiger charge is 2.21. The lowest BCUT2D eigenvalue weighted by Gasteiger charge is -2.26. The van der Waals surface area contributed by atoms with Gasteiger partial charge in [0.15, 0.2) is 0 Å². The number of ether oxygens (including phenoxy) is 1. The number of nitrogens with one attached hydrogen (secondary N) is 2. The van der Waals surface area contributed by atoms with Gasteiger partial charge in [-0.25, -0.2) is 5.43 Å². The second kappa shape index (κ2) is 6.42. The number of carbonyl (C=O) groups excluding carboxylic acids is 1. The van der Waals surface area contributed by atoms with Gasteiger partial charge in [0, 0.05) is 31.4 Å². The van der Waals surface area contributed by atoms with Crippen molar-refractivity contribution in [2.45, 2.75) is 13.8 Å². The average Bonchev–Trinajstić information content (AvgIpc) is 2.85. The molecule has 1 saturated heterocycles. The summed E-state index contributed by atoms with van der Waals surface area (Å²) in [4.78, 5) is 13.5. The van der Waals surface area contributed by atoms with E-state index in [4.69, 9.17) is 4.74 Å². The fourth-order valence-corrected chi connectivity index (χ4v) is 1.44. The van der Waals surface area contributed by atoms with Gasteiger partial charge in [-0.1, -0.05) is 13.8 Å². The monoisotopic (exact) mass is 213 g/mol. The van der Waals surface area contributed by atoms with Gasteiger partial charge in [-0.3, -0.25) is 4.79 Å². The molecule has 0 bridgehead atoms. The summed E-state index contributed by atoms with van der Waals surface area (Å²) in [6.45, 7) is 7.32. The molecule has 0 aromatic rings. The zero-order valence-corrected chi connectivity index (χ0v) is 9.38. The van der Waals surface area contributed by atoms with Crippen molar-refractivity contribution in [2.24, 2.45) is 0 Å². The highest BCUT2D eigenvalue weighted by Crippen LogP contribution is 2.05. The van der Waals surface area contributed by atoms with Crippen LogP contribution in [0.4, 0.5) is 0 Å². The van der Waals surface area contributed by atoms with E-state index in [0.29, 0.717) is 32.8 Å². The van der Waals surface area contributed by atoms with Crippen LogP contribution in [-0.2, 0) is 9.53 Å². The van der Waals surface area contributed by atoms with Crippen LogP contribution in [0.5, 0.6) is 0 Å². The summed E-state index contributed by atoms with van der Waals surface area (Å²) >= 11 is 0. The molecule has 0 saturated carbocycles. The first-order valence-corrected chi connectivity index (χ1v) is 5.42. The molecule has 2 heterocycles. The van der Waals surface area contributed by atoms with Crippen molar-refractivity contribution in [3.8, 4) is 0 Å². The predicted octanol–water partition coefficient (Wildman–Crippen LogP) is -0.137. The van der Waals surface area contributed by atoms with Crippen LogP contribution in [0.2, 0.25) is 0 Å². The van der Waals surface area contributed by atoms with E-state index in [9.17, 15) is 4.79 Å². The van der Waals surface area contributed by atoms with Gasteiger partial charge >= 0.3 is 0 Å². The topological polar surface area (TPSA) is 53.6 Å². The minimum atomic E-state index is 0.112. The molecule has 15 heavy (non-hydrogen) atoms. The van der Waals surface area contributed by atoms with Gasteiger partial charge in [-0.05, 0) is 0 Å². The standard InChI is InChI=1S/C8H13N3O2.C2H6/c12-8(7-5-9-10-6-7)11-1-3-13-4-2-11;1-2/h5,9-10H,1-4,6H2;1-2H3. The molecule has 86 valence electrons. The Balaban J connectivity index is 0.000000531. The largest absolute Gasteiger partial charge is 0.378 e. The highest BCUT2D eigenvalue weighted by molar-refractivity contribution is 5.94. The summed E-state index contributed by atoms with van der Waals surface area (Å²) in [5.41, 5.74) is 6.47. The van der Waals surface area contributed by atoms with Crippen LogP contribution in [-0.4, -0.2) is 43.7 Å². The molecule has 0 radical (unpaired) electrons. The molecule has 0 aliphatic carbocycles. The van der Waals surface area contributed by atoms with Gasteiger partial charge in [0.1, 0.15) is 0 Å². The van der Waals surface area contributed by atoms with E-state index in [-0.39, 0.29) is 5.91 Å². The van der Waals surface area contributed by atoms with Crippen molar-refractivity contribution in [1.82, 2.24) is 15.8 Å². The first kappa shape index (κ1) is 12.0. The van der Waals surface area contributed by atoms with Gasteiger partial charge in [-0.2, -0.15) is 0 Å². The molecule has 5 heteroatoms. The molecule has 0 unspecified atom stereocenters. The van der Waals surface area contributed by atoms with E-state index in [2.05, 4.69) is 10.9 Å². The van der Waals surface area contributed by atoms with E-state index in [0.717, 1.165) is 5.57 Å². The third-order valence-corrected chi connectivity index (χ3v) is 2.20. The summed E-state index contributed by atoms with van der Waals surface area (Å²) in [7, 11) is 0. The minimum absolute atomic E-state index is 0.112. The number of amides is 1. The van der Waals surface area contributed by atoms with E-state index in [1.54, 1.807) is 6.20 Å². The summed E-state index contributed by atoms with van der Waals surface area (Å²) in [5.74, 6) is 0.112. The first-order valence-electron chi connectivity index (χ1n) is 5.42. The van der Waals surface area contributed by atoms with Crippen molar-refractivity contribution < 1.29 is 9.53 Å². The van der Waals surface area contributed by atoms with E-state index in [1.807, 2.05) is 18.7 Å². The second-order valence-corrected chi connectivity index (χ2v) is 3.07. The first-order chi connectivity index (χ1) is 7.38. The summed E-state index contributed by atoms with van der Waals surface area (Å²) in [5, 5.41) is 0. The quantitative estimate of drug-likeness (QED) is 0.637. The van der Waals surface area contributed by atoms with E-state index in [1.165, 1.54) is 0 Å². The number of morpholine rings is 1. The number of carbonyl (C=O) groups is 1. The lowest BCUT2D eigenvalue weighted by molar-refractivity contribution is -0.131. The zero-order chi connectivity index (χ0) is 11.1. The number of hydrogen-bond donors (Lipinski definition) is 2. The fraction of sp³-hybridized carbons (Fsp3) is 0.700. The number of rotatable bonds is 1. The predicted molar refractivity (Wildman–Crippen MR) is 58.0 cm³/mol. The van der Waals surface area contributed by atoms with Gasteiger partial charge in [0.25, 0.3) is 5.91 Å². The molecule has 0 aromatic heterocycles. The lowest BCUT2D eigenvalue weighted by atomic mass is 10.2. The van der Waals surface area contributed by atoms with Gasteiger partial charge in [-0.15, -0.1) is 0 Å². The Morgan fingerprint density at radius 1 is 1.40 bits per heavy atom. The third kappa shape index (κ3) is 3.21. The van der Waals surface area contributed by atoms with Gasteiger partial charge < -0.3 is 15.1 Å². The third-order valence-electron chi connectivity index (χ3n) is 2.20. The van der Waals surface area contributed by atoms with E-state index < -0.39 is 0 Å². The molecule has 2 N–H and O–H groups in total. The van der Waals surface area contributed by atoms with Crippen molar-refractivity contribution in [2.75, 3.05) is 32.8 Å². The van der Waals surface area contributed by atoms with Crippen molar-refractivity contribution in [3.63, 3.8) is 0 Å². The molecule has 1 fully saturated rings. The molecule has 0 atom stereocenters. The number of nitrogens with zero attached hydrogens (tertiary/aromatic N) is 1. The van der Waals surface area contributed by atoms with Crippen LogP contribution in [0.1, 0.15) is 13.8 Å². The highest BCUT2D eigenvalue weighted by atomic mass is 16.5. The molecule has 0 spiro atoms. The molecule has 2 rings (SSSR count). The molecule has 5 nitrogen and oxygen atoms in total. The van der Waals surface area contributed by atoms with Crippen LogP contribution in [0.25, 0.3) is 0 Å². The van der Waals surface area contributed by atoms with Crippen LogP contribution in [0.3, 0.4) is 0 Å². The molecule has 2 aliphatic rings. The fourth-order valence-electron chi connectivity index (χ4n) is 1.44. The molecular weight excluding hydrogens is 194 g/mol. The lowest BCUT2D eigenvalue weighted by Crippen LogP contribution is -2.41. The summed E-state index contributed by atoms with van der Waals surface area (Å²) in [6.07, 6.45) is 1.72. The second-order valence-electron chi connectivity index (χ2n) is 3.07. The Labute approximate surface area is 90.4 Å². The van der Waals surface area contributed by atoms with Crippen molar-refractivity contribution in [3.05, 3.63) is 11.8 Å². The van der Waals surface area contributed by atoms with Crippen LogP contribution < -0.4 is 10.9 Å². The maximum Gasteiger partial charge on any atom is 0.252 e. The molecule has 1 amide bonds. The Bertz CT molecular complexity index is 235. The molecule has 2 aliphatic heterocycles. The summed E-state index contributed by atoms with van der Waals surface area (Å²) < 4.78 is 5.17. The average molecular weight is 213 g/mol. The smallest absolute Gasteiger partial charge is 0.252 e. The van der Waals surface area contributed by atoms with Crippen LogP contribution in [0.15, 0.2) is 11.8 Å². The van der Waals surface area contributed by atoms with Crippen molar-refractivity contribution in [1.29, 1.82) is 0 Å². The Morgan fingerprint density at radius 3 is 2.60 bits per heavy atom. The SMILES string of the molecule is CC.O=C(C1=CNNC1)N1CCOCC1. The Kier molecular flexibility index (Phi) is 5.14. The maximum absolute atomic E-state index is 11.7. The van der Waals surface area contributed by atoms with Crippen LogP contribution >= 0.6 is 0 Å². The number of hydrogen-bond acceptors (Lipinski definition) is 4. The summed E-state index contributed by atoms with van der Waals surface area (Å²) in [6, 6.07) is 0. The normalized spacial score (nSPS) is 19.9.